The van der Waals surface area contributed by atoms with E-state index in [2.05, 4.69) is 25.3 Å². The van der Waals surface area contributed by atoms with E-state index in [1.807, 2.05) is 0 Å². The molecule has 0 fully saturated rings. The van der Waals surface area contributed by atoms with Crippen LogP contribution in [0.5, 0.6) is 5.75 Å². The van der Waals surface area contributed by atoms with E-state index in [1.165, 1.54) is 30.5 Å². The maximum atomic E-state index is 13.9. The highest BCUT2D eigenvalue weighted by atomic mass is 32.2. The molecule has 0 saturated carbocycles. The summed E-state index contributed by atoms with van der Waals surface area (Å²) in [4.78, 5) is 19.6. The molecular formula is C29H37F3N6O5S. The molecule has 0 atom stereocenters. The van der Waals surface area contributed by atoms with Crippen LogP contribution in [0, 0.1) is 6.92 Å². The summed E-state index contributed by atoms with van der Waals surface area (Å²) in [6, 6.07) is 9.72. The number of anilines is 4. The fraction of sp³-hybridized carbons (Fsp3) is 0.414. The number of hydroxylamine groups is 1. The van der Waals surface area contributed by atoms with Gasteiger partial charge in [0.2, 0.25) is 21.9 Å². The van der Waals surface area contributed by atoms with Gasteiger partial charge in [-0.2, -0.15) is 18.2 Å². The first kappa shape index (κ1) is 34.5. The highest BCUT2D eigenvalue weighted by molar-refractivity contribution is 7.89. The average molecular weight is 639 g/mol. The number of hydrogen-bond donors (Lipinski definition) is 5. The minimum Gasteiger partial charge on any atom is -0.493 e. The Bertz CT molecular complexity index is 1550. The normalized spacial score (nSPS) is 12.1. The molecule has 3 rings (SSSR count). The monoisotopic (exact) mass is 638 g/mol. The van der Waals surface area contributed by atoms with Gasteiger partial charge < -0.3 is 15.4 Å². The molecule has 2 aromatic carbocycles. The van der Waals surface area contributed by atoms with Crippen LogP contribution in [0.15, 0.2) is 53.6 Å². The Kier molecular flexibility index (Phi) is 11.5. The zero-order valence-electron chi connectivity index (χ0n) is 24.9. The fourth-order valence-corrected chi connectivity index (χ4v) is 5.50. The predicted molar refractivity (Wildman–Crippen MR) is 160 cm³/mol. The van der Waals surface area contributed by atoms with E-state index in [-0.39, 0.29) is 35.3 Å². The molecule has 1 heterocycles. The average Bonchev–Trinajstić information content (AvgIpc) is 2.93. The Hall–Kier alpha value is -3.95. The number of alkyl halides is 3. The topological polar surface area (TPSA) is 155 Å². The van der Waals surface area contributed by atoms with Gasteiger partial charge in [0.15, 0.2) is 0 Å². The van der Waals surface area contributed by atoms with Crippen LogP contribution in [0.4, 0.5) is 36.3 Å². The number of carbonyl (C=O) groups excluding carboxylic acids is 1. The molecule has 15 heteroatoms. The summed E-state index contributed by atoms with van der Waals surface area (Å²) in [6.45, 7) is 7.00. The minimum absolute atomic E-state index is 0.0212. The molecule has 0 radical (unpaired) electrons. The third kappa shape index (κ3) is 10.6. The van der Waals surface area contributed by atoms with E-state index in [4.69, 9.17) is 9.94 Å². The summed E-state index contributed by atoms with van der Waals surface area (Å²) in [7, 11) is -3.79. The molecule has 5 N–H and O–H groups in total. The van der Waals surface area contributed by atoms with Gasteiger partial charge in [-0.25, -0.2) is 23.6 Å². The number of ether oxygens (including phenoxy) is 1. The van der Waals surface area contributed by atoms with Gasteiger partial charge in [-0.1, -0.05) is 18.9 Å². The third-order valence-electron chi connectivity index (χ3n) is 6.04. The fourth-order valence-electron chi connectivity index (χ4n) is 4.03. The number of aryl methyl sites for hydroxylation is 1. The van der Waals surface area contributed by atoms with E-state index in [0.29, 0.717) is 42.8 Å². The third-order valence-corrected chi connectivity index (χ3v) is 7.80. The van der Waals surface area contributed by atoms with E-state index >= 15 is 0 Å². The highest BCUT2D eigenvalue weighted by Gasteiger charge is 2.35. The van der Waals surface area contributed by atoms with Crippen molar-refractivity contribution < 1.29 is 36.3 Å². The SMILES string of the molecule is Cc1cnc(Nc2ccc(OCCCCCCC(=O)NO)c(C(F)(F)F)c2)nc1Nc1cccc(S(=O)(=O)NC(C)(C)C)c1. The van der Waals surface area contributed by atoms with Crippen molar-refractivity contribution in [3.63, 3.8) is 0 Å². The predicted octanol–water partition coefficient (Wildman–Crippen LogP) is 6.20. The molecule has 0 aliphatic rings. The minimum atomic E-state index is -4.68. The Morgan fingerprint density at radius 1 is 0.977 bits per heavy atom. The van der Waals surface area contributed by atoms with Crippen molar-refractivity contribution in [2.45, 2.75) is 76.4 Å². The molecule has 240 valence electrons. The zero-order chi connectivity index (χ0) is 32.5. The van der Waals surface area contributed by atoms with Gasteiger partial charge in [-0.3, -0.25) is 10.0 Å². The van der Waals surface area contributed by atoms with Crippen LogP contribution >= 0.6 is 0 Å². The standard InChI is InChI=1S/C29H37F3N6O5S/c1-19-18-33-27(36-26(19)34-20-10-9-11-22(16-20)44(41,42)38-28(2,3)4)35-21-13-14-24(23(17-21)29(30,31)32)43-15-8-6-5-7-12-25(39)37-40/h9-11,13-14,16-18,38,40H,5-8,12,15H2,1-4H3,(H,37,39)(H2,33,34,35,36). The first-order valence-corrected chi connectivity index (χ1v) is 15.3. The maximum Gasteiger partial charge on any atom is 0.420 e. The number of sulfonamides is 1. The lowest BCUT2D eigenvalue weighted by Crippen LogP contribution is -2.40. The number of nitrogens with zero attached hydrogens (tertiary/aromatic N) is 2. The zero-order valence-corrected chi connectivity index (χ0v) is 25.7. The van der Waals surface area contributed by atoms with Gasteiger partial charge in [0.25, 0.3) is 0 Å². The maximum absolute atomic E-state index is 13.9. The van der Waals surface area contributed by atoms with Gasteiger partial charge in [-0.05, 0) is 76.9 Å². The lowest BCUT2D eigenvalue weighted by Gasteiger charge is -2.20. The van der Waals surface area contributed by atoms with Crippen LogP contribution in [0.3, 0.4) is 0 Å². The summed E-state index contributed by atoms with van der Waals surface area (Å²) >= 11 is 0. The van der Waals surface area contributed by atoms with Gasteiger partial charge in [0, 0.05) is 35.1 Å². The van der Waals surface area contributed by atoms with Gasteiger partial charge in [0.05, 0.1) is 17.1 Å². The lowest BCUT2D eigenvalue weighted by molar-refractivity contribution is -0.139. The molecule has 11 nitrogen and oxygen atoms in total. The van der Waals surface area contributed by atoms with E-state index in [1.54, 1.807) is 45.3 Å². The van der Waals surface area contributed by atoms with Gasteiger partial charge >= 0.3 is 6.18 Å². The summed E-state index contributed by atoms with van der Waals surface area (Å²) in [6.07, 6.45) is -0.683. The molecule has 0 bridgehead atoms. The van der Waals surface area contributed by atoms with Crippen LogP contribution < -0.4 is 25.6 Å². The number of aromatic nitrogens is 2. The van der Waals surface area contributed by atoms with Crippen molar-refractivity contribution in [1.82, 2.24) is 20.2 Å². The smallest absolute Gasteiger partial charge is 0.420 e. The molecular weight excluding hydrogens is 601 g/mol. The summed E-state index contributed by atoms with van der Waals surface area (Å²) in [5, 5.41) is 14.3. The van der Waals surface area contributed by atoms with Gasteiger partial charge in [-0.15, -0.1) is 0 Å². The number of halogens is 3. The van der Waals surface area contributed by atoms with Crippen LogP contribution in [-0.4, -0.2) is 41.6 Å². The molecule has 0 aliphatic heterocycles. The van der Waals surface area contributed by atoms with Crippen molar-refractivity contribution in [3.8, 4) is 5.75 Å². The highest BCUT2D eigenvalue weighted by Crippen LogP contribution is 2.38. The molecule has 0 aliphatic carbocycles. The number of rotatable bonds is 14. The first-order valence-electron chi connectivity index (χ1n) is 13.9. The molecule has 44 heavy (non-hydrogen) atoms. The van der Waals surface area contributed by atoms with E-state index < -0.39 is 33.2 Å². The van der Waals surface area contributed by atoms with E-state index in [0.717, 1.165) is 6.07 Å². The number of unbranched alkanes of at least 4 members (excludes halogenated alkanes) is 3. The number of carbonyl (C=O) groups is 1. The largest absolute Gasteiger partial charge is 0.493 e. The van der Waals surface area contributed by atoms with Crippen molar-refractivity contribution in [1.29, 1.82) is 0 Å². The molecule has 0 unspecified atom stereocenters. The summed E-state index contributed by atoms with van der Waals surface area (Å²) in [5.74, 6) is -0.451. The summed E-state index contributed by atoms with van der Waals surface area (Å²) < 4.78 is 75.1. The Morgan fingerprint density at radius 3 is 2.36 bits per heavy atom. The van der Waals surface area contributed by atoms with Crippen molar-refractivity contribution >= 4 is 39.1 Å². The van der Waals surface area contributed by atoms with Crippen LogP contribution in [0.2, 0.25) is 0 Å². The van der Waals surface area contributed by atoms with Crippen molar-refractivity contribution in [2.75, 3.05) is 17.2 Å². The summed E-state index contributed by atoms with van der Waals surface area (Å²) in [5.41, 5.74) is 1.05. The quantitative estimate of drug-likeness (QED) is 0.0788. The molecule has 1 amide bonds. The second kappa shape index (κ2) is 14.7. The van der Waals surface area contributed by atoms with Gasteiger partial charge in [0.1, 0.15) is 11.6 Å². The number of amides is 1. The second-order valence-electron chi connectivity index (χ2n) is 11.1. The Balaban J connectivity index is 1.70. The number of benzene rings is 2. The van der Waals surface area contributed by atoms with Crippen LogP contribution in [0.25, 0.3) is 0 Å². The Labute approximate surface area is 254 Å². The Morgan fingerprint density at radius 2 is 1.68 bits per heavy atom. The molecule has 0 spiro atoms. The number of hydrogen-bond acceptors (Lipinski definition) is 9. The van der Waals surface area contributed by atoms with E-state index in [9.17, 15) is 26.4 Å². The molecule has 3 aromatic rings. The number of nitrogens with one attached hydrogen (secondary N) is 4. The second-order valence-corrected chi connectivity index (χ2v) is 12.8. The lowest BCUT2D eigenvalue weighted by atomic mass is 10.1. The van der Waals surface area contributed by atoms with Crippen molar-refractivity contribution in [2.24, 2.45) is 0 Å². The van der Waals surface area contributed by atoms with Crippen LogP contribution in [0.1, 0.15) is 64.0 Å². The molecule has 1 aromatic heterocycles. The van der Waals surface area contributed by atoms with Crippen molar-refractivity contribution in [3.05, 3.63) is 59.8 Å². The first-order chi connectivity index (χ1) is 20.6. The van der Waals surface area contributed by atoms with Crippen LogP contribution in [-0.2, 0) is 21.0 Å². The molecule has 0 saturated heterocycles.